The van der Waals surface area contributed by atoms with Crippen LogP contribution in [0.4, 0.5) is 0 Å². The van der Waals surface area contributed by atoms with E-state index in [1.165, 1.54) is 11.8 Å². The van der Waals surface area contributed by atoms with Gasteiger partial charge in [-0.2, -0.15) is 0 Å². The summed E-state index contributed by atoms with van der Waals surface area (Å²) in [5.74, 6) is 0.734. The smallest absolute Gasteiger partial charge is 0.191 e. The van der Waals surface area contributed by atoms with E-state index in [0.717, 1.165) is 36.6 Å². The van der Waals surface area contributed by atoms with Crippen LogP contribution in [0.15, 0.2) is 58.4 Å². The molecule has 0 aliphatic rings. The molecule has 0 amide bonds. The molecule has 0 aromatic heterocycles. The standard InChI is InChI=1S/C23H34N4O2S.HI/c1-18-15-21(11-12-22(18)30(5,28)29)16-26-23(24-3)25-14-13-19(2)27(4)17-20-9-7-6-8-10-20;/h6-12,15,19H,13-14,16-17H2,1-5H3,(H2,24,25,26);1H. The Kier molecular flexibility index (Phi) is 11.5. The number of hydrogen-bond donors (Lipinski definition) is 2. The van der Waals surface area contributed by atoms with Crippen molar-refractivity contribution in [2.45, 2.75) is 44.3 Å². The van der Waals surface area contributed by atoms with E-state index in [0.29, 0.717) is 17.5 Å². The first-order valence-corrected chi connectivity index (χ1v) is 12.1. The van der Waals surface area contributed by atoms with Crippen LogP contribution in [0.1, 0.15) is 30.0 Å². The number of sulfone groups is 1. The molecule has 0 fully saturated rings. The summed E-state index contributed by atoms with van der Waals surface area (Å²) in [6, 6.07) is 16.3. The largest absolute Gasteiger partial charge is 0.356 e. The molecule has 2 rings (SSSR count). The summed E-state index contributed by atoms with van der Waals surface area (Å²) in [5.41, 5.74) is 3.09. The second-order valence-corrected chi connectivity index (χ2v) is 9.75. The Morgan fingerprint density at radius 1 is 1.10 bits per heavy atom. The van der Waals surface area contributed by atoms with E-state index in [-0.39, 0.29) is 24.0 Å². The van der Waals surface area contributed by atoms with E-state index >= 15 is 0 Å². The second kappa shape index (κ2) is 13.0. The summed E-state index contributed by atoms with van der Waals surface area (Å²) in [6.07, 6.45) is 2.23. The highest BCUT2D eigenvalue weighted by Gasteiger charge is 2.12. The molecule has 0 saturated heterocycles. The molecule has 6 nitrogen and oxygen atoms in total. The predicted octanol–water partition coefficient (Wildman–Crippen LogP) is 3.59. The maximum Gasteiger partial charge on any atom is 0.191 e. The van der Waals surface area contributed by atoms with Gasteiger partial charge in [-0.15, -0.1) is 24.0 Å². The molecule has 2 aromatic rings. The maximum atomic E-state index is 11.8. The van der Waals surface area contributed by atoms with Crippen molar-refractivity contribution in [1.29, 1.82) is 0 Å². The van der Waals surface area contributed by atoms with E-state index in [1.54, 1.807) is 13.1 Å². The van der Waals surface area contributed by atoms with Crippen molar-refractivity contribution in [2.75, 3.05) is 26.9 Å². The Labute approximate surface area is 204 Å². The molecular weight excluding hydrogens is 523 g/mol. The van der Waals surface area contributed by atoms with Crippen LogP contribution < -0.4 is 10.6 Å². The second-order valence-electron chi connectivity index (χ2n) is 7.76. The molecule has 2 N–H and O–H groups in total. The Morgan fingerprint density at radius 2 is 1.77 bits per heavy atom. The third-order valence-electron chi connectivity index (χ3n) is 5.20. The van der Waals surface area contributed by atoms with Gasteiger partial charge in [-0.25, -0.2) is 8.42 Å². The fraction of sp³-hybridized carbons (Fsp3) is 0.435. The fourth-order valence-electron chi connectivity index (χ4n) is 3.29. The lowest BCUT2D eigenvalue weighted by Gasteiger charge is -2.25. The van der Waals surface area contributed by atoms with Crippen LogP contribution in [0.2, 0.25) is 0 Å². The summed E-state index contributed by atoms with van der Waals surface area (Å²) in [6.45, 7) is 6.37. The lowest BCUT2D eigenvalue weighted by molar-refractivity contribution is 0.238. The number of benzene rings is 2. The van der Waals surface area contributed by atoms with Crippen molar-refractivity contribution in [2.24, 2.45) is 4.99 Å². The highest BCUT2D eigenvalue weighted by molar-refractivity contribution is 14.0. The molecule has 172 valence electrons. The maximum absolute atomic E-state index is 11.8. The van der Waals surface area contributed by atoms with Gasteiger partial charge in [-0.3, -0.25) is 9.89 Å². The lowest BCUT2D eigenvalue weighted by atomic mass is 10.1. The highest BCUT2D eigenvalue weighted by atomic mass is 127. The van der Waals surface area contributed by atoms with Gasteiger partial charge in [0.25, 0.3) is 0 Å². The number of nitrogens with zero attached hydrogens (tertiary/aromatic N) is 2. The molecule has 31 heavy (non-hydrogen) atoms. The lowest BCUT2D eigenvalue weighted by Crippen LogP contribution is -2.39. The first-order valence-electron chi connectivity index (χ1n) is 10.2. The fourth-order valence-corrected chi connectivity index (χ4v) is 4.25. The quantitative estimate of drug-likeness (QED) is 0.280. The SMILES string of the molecule is CN=C(NCCC(C)N(C)Cc1ccccc1)NCc1ccc(S(C)(=O)=O)c(C)c1.I. The average molecular weight is 559 g/mol. The monoisotopic (exact) mass is 558 g/mol. The number of rotatable bonds is 9. The molecule has 0 aliphatic carbocycles. The summed E-state index contributed by atoms with van der Waals surface area (Å²) >= 11 is 0. The molecule has 8 heteroatoms. The molecule has 0 saturated carbocycles. The summed E-state index contributed by atoms with van der Waals surface area (Å²) in [7, 11) is 0.700. The Balaban J connectivity index is 0.00000480. The van der Waals surface area contributed by atoms with Crippen molar-refractivity contribution in [3.63, 3.8) is 0 Å². The first kappa shape index (κ1) is 27.4. The Morgan fingerprint density at radius 3 is 2.35 bits per heavy atom. The zero-order chi connectivity index (χ0) is 22.1. The van der Waals surface area contributed by atoms with E-state index in [1.807, 2.05) is 25.1 Å². The zero-order valence-corrected chi connectivity index (χ0v) is 22.2. The van der Waals surface area contributed by atoms with E-state index in [9.17, 15) is 8.42 Å². The average Bonchev–Trinajstić information content (AvgIpc) is 2.70. The van der Waals surface area contributed by atoms with Crippen LogP contribution in [0, 0.1) is 6.92 Å². The number of halogens is 1. The van der Waals surface area contributed by atoms with E-state index in [2.05, 4.69) is 58.8 Å². The van der Waals surface area contributed by atoms with Gasteiger partial charge in [-0.1, -0.05) is 42.5 Å². The minimum Gasteiger partial charge on any atom is -0.356 e. The van der Waals surface area contributed by atoms with E-state index < -0.39 is 9.84 Å². The number of nitrogens with one attached hydrogen (secondary N) is 2. The molecule has 0 heterocycles. The van der Waals surface area contributed by atoms with Crippen LogP contribution in [0.5, 0.6) is 0 Å². The first-order chi connectivity index (χ1) is 14.2. The van der Waals surface area contributed by atoms with Crippen molar-refractivity contribution in [3.05, 3.63) is 65.2 Å². The molecule has 0 spiro atoms. The van der Waals surface area contributed by atoms with Gasteiger partial charge in [0.15, 0.2) is 15.8 Å². The molecule has 0 aliphatic heterocycles. The topological polar surface area (TPSA) is 73.8 Å². The summed E-state index contributed by atoms with van der Waals surface area (Å²) in [5, 5.41) is 6.65. The van der Waals surface area contributed by atoms with Crippen molar-refractivity contribution in [3.8, 4) is 0 Å². The Bertz CT molecular complexity index is 949. The summed E-state index contributed by atoms with van der Waals surface area (Å²) < 4.78 is 23.5. The molecule has 1 atom stereocenters. The van der Waals surface area contributed by atoms with Crippen molar-refractivity contribution >= 4 is 39.8 Å². The van der Waals surface area contributed by atoms with E-state index in [4.69, 9.17) is 0 Å². The minimum absolute atomic E-state index is 0. The van der Waals surface area contributed by atoms with Gasteiger partial charge in [0, 0.05) is 39.0 Å². The van der Waals surface area contributed by atoms with Gasteiger partial charge in [-0.05, 0) is 50.1 Å². The van der Waals surface area contributed by atoms with Gasteiger partial charge in [0.05, 0.1) is 4.90 Å². The number of hydrogen-bond acceptors (Lipinski definition) is 4. The molecule has 1 unspecified atom stereocenters. The number of aliphatic imine (C=N–C) groups is 1. The van der Waals surface area contributed by atoms with Gasteiger partial charge < -0.3 is 10.6 Å². The molecule has 0 radical (unpaired) electrons. The minimum atomic E-state index is -3.19. The van der Waals surface area contributed by atoms with Crippen LogP contribution in [0.25, 0.3) is 0 Å². The van der Waals surface area contributed by atoms with Crippen molar-refractivity contribution in [1.82, 2.24) is 15.5 Å². The predicted molar refractivity (Wildman–Crippen MR) is 140 cm³/mol. The van der Waals surface area contributed by atoms with Crippen LogP contribution in [0.3, 0.4) is 0 Å². The molecule has 2 aromatic carbocycles. The third kappa shape index (κ3) is 9.16. The van der Waals surface area contributed by atoms with Crippen molar-refractivity contribution < 1.29 is 8.42 Å². The normalized spacial score (nSPS) is 12.9. The third-order valence-corrected chi connectivity index (χ3v) is 6.46. The Hall–Kier alpha value is -1.65. The van der Waals surface area contributed by atoms with Crippen LogP contribution >= 0.6 is 24.0 Å². The van der Waals surface area contributed by atoms with Crippen LogP contribution in [-0.2, 0) is 22.9 Å². The van der Waals surface area contributed by atoms with Gasteiger partial charge in [0.1, 0.15) is 0 Å². The molecule has 0 bridgehead atoms. The van der Waals surface area contributed by atoms with Gasteiger partial charge in [0.2, 0.25) is 0 Å². The highest BCUT2D eigenvalue weighted by Crippen LogP contribution is 2.16. The van der Waals surface area contributed by atoms with Crippen LogP contribution in [-0.4, -0.2) is 52.2 Å². The summed E-state index contributed by atoms with van der Waals surface area (Å²) in [4.78, 5) is 7.00. The molecular formula is C23H35IN4O2S. The number of guanidine groups is 1. The number of aryl methyl sites for hydroxylation is 1. The van der Waals surface area contributed by atoms with Gasteiger partial charge >= 0.3 is 0 Å². The zero-order valence-electron chi connectivity index (χ0n) is 19.1.